The molecule has 0 saturated carbocycles. The highest BCUT2D eigenvalue weighted by Crippen LogP contribution is 2.32. The normalized spacial score (nSPS) is 12.8. The number of benzene rings is 1. The fourth-order valence-corrected chi connectivity index (χ4v) is 2.92. The van der Waals surface area contributed by atoms with E-state index in [0.29, 0.717) is 5.02 Å². The maximum Gasteiger partial charge on any atom is 0.120 e. The first-order valence-electron chi connectivity index (χ1n) is 5.70. The molecule has 1 aromatic carbocycles. The quantitative estimate of drug-likeness (QED) is 0.840. The molecule has 18 heavy (non-hydrogen) atoms. The molecule has 1 aromatic heterocycles. The Kier molecular flexibility index (Phi) is 3.85. The predicted octanol–water partition coefficient (Wildman–Crippen LogP) is 4.44. The monoisotopic (exact) mass is 327 g/mol. The number of H-pyrrole nitrogens is 1. The zero-order valence-electron chi connectivity index (χ0n) is 10.5. The van der Waals surface area contributed by atoms with Crippen LogP contribution in [0.3, 0.4) is 0 Å². The van der Waals surface area contributed by atoms with Gasteiger partial charge in [-0.3, -0.25) is 0 Å². The van der Waals surface area contributed by atoms with E-state index in [2.05, 4.69) is 20.9 Å². The zero-order valence-corrected chi connectivity index (χ0v) is 12.9. The van der Waals surface area contributed by atoms with Gasteiger partial charge in [0.05, 0.1) is 5.69 Å². The molecule has 4 heteroatoms. The van der Waals surface area contributed by atoms with Gasteiger partial charge in [0.2, 0.25) is 0 Å². The number of rotatable bonds is 2. The fraction of sp³-hybridized carbons (Fsp3) is 0.286. The summed E-state index contributed by atoms with van der Waals surface area (Å²) in [5, 5.41) is 11.1. The number of hydrogen-bond acceptors (Lipinski definition) is 1. The summed E-state index contributed by atoms with van der Waals surface area (Å²) in [6.07, 6.45) is -0.677. The van der Waals surface area contributed by atoms with Crippen LogP contribution in [-0.4, -0.2) is 10.1 Å². The summed E-state index contributed by atoms with van der Waals surface area (Å²) in [4.78, 5) is 3.25. The molecular weight excluding hydrogens is 314 g/mol. The van der Waals surface area contributed by atoms with Crippen molar-refractivity contribution in [3.05, 3.63) is 55.8 Å². The first kappa shape index (κ1) is 13.7. The van der Waals surface area contributed by atoms with E-state index in [1.807, 2.05) is 26.8 Å². The van der Waals surface area contributed by atoms with Crippen molar-refractivity contribution in [3.8, 4) is 0 Å². The van der Waals surface area contributed by atoms with E-state index in [1.165, 1.54) is 5.56 Å². The van der Waals surface area contributed by atoms with Crippen LogP contribution in [0.2, 0.25) is 5.02 Å². The van der Waals surface area contributed by atoms with Crippen LogP contribution in [0.4, 0.5) is 0 Å². The molecule has 0 saturated heterocycles. The molecule has 0 aliphatic carbocycles. The molecule has 2 nitrogen and oxygen atoms in total. The van der Waals surface area contributed by atoms with Crippen LogP contribution in [0.5, 0.6) is 0 Å². The first-order chi connectivity index (χ1) is 8.41. The molecule has 2 rings (SSSR count). The van der Waals surface area contributed by atoms with Crippen molar-refractivity contribution < 1.29 is 5.11 Å². The second-order valence-electron chi connectivity index (χ2n) is 4.48. The van der Waals surface area contributed by atoms with Gasteiger partial charge in [-0.05, 0) is 44.0 Å². The molecule has 0 spiro atoms. The van der Waals surface area contributed by atoms with Crippen LogP contribution in [0.1, 0.15) is 34.2 Å². The third-order valence-electron chi connectivity index (χ3n) is 3.38. The van der Waals surface area contributed by atoms with Gasteiger partial charge in [0.1, 0.15) is 6.10 Å². The minimum atomic E-state index is -0.677. The lowest BCUT2D eigenvalue weighted by Crippen LogP contribution is -2.03. The molecule has 2 aromatic rings. The topological polar surface area (TPSA) is 36.0 Å². The van der Waals surface area contributed by atoms with Crippen LogP contribution in [0, 0.1) is 20.8 Å². The average Bonchev–Trinajstić information content (AvgIpc) is 2.56. The van der Waals surface area contributed by atoms with Gasteiger partial charge in [-0.1, -0.05) is 33.6 Å². The molecule has 2 N–H and O–H groups in total. The summed E-state index contributed by atoms with van der Waals surface area (Å²) in [7, 11) is 0. The highest BCUT2D eigenvalue weighted by atomic mass is 79.9. The highest BCUT2D eigenvalue weighted by molar-refractivity contribution is 9.10. The summed E-state index contributed by atoms with van der Waals surface area (Å²) in [5.74, 6) is 0. The SMILES string of the molecule is Cc1[nH]c(C(O)c2ccc(Cl)cc2Br)c(C)c1C. The van der Waals surface area contributed by atoms with Crippen LogP contribution < -0.4 is 0 Å². The Bertz CT molecular complexity index is 592. The number of halogens is 2. The lowest BCUT2D eigenvalue weighted by molar-refractivity contribution is 0.214. The van der Waals surface area contributed by atoms with Gasteiger partial charge in [-0.15, -0.1) is 0 Å². The zero-order chi connectivity index (χ0) is 13.4. The maximum absolute atomic E-state index is 10.5. The van der Waals surface area contributed by atoms with Gasteiger partial charge < -0.3 is 10.1 Å². The molecule has 96 valence electrons. The van der Waals surface area contributed by atoms with E-state index in [-0.39, 0.29) is 0 Å². The van der Waals surface area contributed by atoms with Gasteiger partial charge in [0.15, 0.2) is 0 Å². The van der Waals surface area contributed by atoms with Crippen molar-refractivity contribution in [2.24, 2.45) is 0 Å². The first-order valence-corrected chi connectivity index (χ1v) is 6.87. The lowest BCUT2D eigenvalue weighted by Gasteiger charge is -2.13. The standard InChI is InChI=1S/C14H15BrClNO/c1-7-8(2)13(17-9(7)3)14(18)11-5-4-10(16)6-12(11)15/h4-6,14,17-18H,1-3H3. The van der Waals surface area contributed by atoms with E-state index >= 15 is 0 Å². The van der Waals surface area contributed by atoms with Crippen molar-refractivity contribution in [1.29, 1.82) is 0 Å². The summed E-state index contributed by atoms with van der Waals surface area (Å²) in [6, 6.07) is 5.41. The van der Waals surface area contributed by atoms with Crippen molar-refractivity contribution in [2.75, 3.05) is 0 Å². The Labute approximate surface area is 120 Å². The van der Waals surface area contributed by atoms with Crippen LogP contribution >= 0.6 is 27.5 Å². The number of aryl methyl sites for hydroxylation is 1. The minimum absolute atomic E-state index is 0.647. The second-order valence-corrected chi connectivity index (χ2v) is 5.77. The Morgan fingerprint density at radius 1 is 1.22 bits per heavy atom. The summed E-state index contributed by atoms with van der Waals surface area (Å²) in [5.41, 5.74) is 5.03. The maximum atomic E-state index is 10.5. The van der Waals surface area contributed by atoms with Crippen molar-refractivity contribution in [2.45, 2.75) is 26.9 Å². The lowest BCUT2D eigenvalue weighted by atomic mass is 10.0. The van der Waals surface area contributed by atoms with E-state index in [1.54, 1.807) is 12.1 Å². The van der Waals surface area contributed by atoms with Crippen molar-refractivity contribution in [3.63, 3.8) is 0 Å². The number of nitrogens with one attached hydrogen (secondary N) is 1. The number of aliphatic hydroxyl groups is 1. The Balaban J connectivity index is 2.47. The Hall–Kier alpha value is -0.770. The molecule has 0 amide bonds. The molecule has 0 radical (unpaired) electrons. The van der Waals surface area contributed by atoms with Crippen LogP contribution in [0.25, 0.3) is 0 Å². The number of aromatic amines is 1. The molecule has 0 bridgehead atoms. The summed E-state index contributed by atoms with van der Waals surface area (Å²) in [6.45, 7) is 6.07. The van der Waals surface area contributed by atoms with Gasteiger partial charge >= 0.3 is 0 Å². The van der Waals surface area contributed by atoms with Crippen LogP contribution in [-0.2, 0) is 0 Å². The summed E-state index contributed by atoms with van der Waals surface area (Å²) < 4.78 is 0.812. The number of aliphatic hydroxyl groups excluding tert-OH is 1. The predicted molar refractivity (Wildman–Crippen MR) is 78.2 cm³/mol. The molecule has 0 aliphatic heterocycles. The minimum Gasteiger partial charge on any atom is -0.382 e. The molecular formula is C14H15BrClNO. The Morgan fingerprint density at radius 2 is 1.89 bits per heavy atom. The third kappa shape index (κ3) is 2.35. The van der Waals surface area contributed by atoms with Crippen molar-refractivity contribution in [1.82, 2.24) is 4.98 Å². The van der Waals surface area contributed by atoms with E-state index in [4.69, 9.17) is 11.6 Å². The molecule has 0 fully saturated rings. The van der Waals surface area contributed by atoms with Crippen molar-refractivity contribution >= 4 is 27.5 Å². The fourth-order valence-electron chi connectivity index (χ4n) is 2.02. The summed E-state index contributed by atoms with van der Waals surface area (Å²) >= 11 is 9.35. The van der Waals surface area contributed by atoms with E-state index in [9.17, 15) is 5.11 Å². The largest absolute Gasteiger partial charge is 0.382 e. The molecule has 1 heterocycles. The number of hydrogen-bond donors (Lipinski definition) is 2. The second kappa shape index (κ2) is 5.08. The number of aromatic nitrogens is 1. The van der Waals surface area contributed by atoms with Gasteiger partial charge in [-0.25, -0.2) is 0 Å². The van der Waals surface area contributed by atoms with Gasteiger partial charge in [-0.2, -0.15) is 0 Å². The smallest absolute Gasteiger partial charge is 0.120 e. The van der Waals surface area contributed by atoms with E-state index in [0.717, 1.165) is 27.0 Å². The highest BCUT2D eigenvalue weighted by Gasteiger charge is 2.19. The molecule has 1 unspecified atom stereocenters. The average molecular weight is 329 g/mol. The van der Waals surface area contributed by atoms with Gasteiger partial charge in [0, 0.05) is 20.8 Å². The van der Waals surface area contributed by atoms with E-state index < -0.39 is 6.10 Å². The van der Waals surface area contributed by atoms with Crippen LogP contribution in [0.15, 0.2) is 22.7 Å². The van der Waals surface area contributed by atoms with Gasteiger partial charge in [0.25, 0.3) is 0 Å². The third-order valence-corrected chi connectivity index (χ3v) is 4.30. The molecule has 1 atom stereocenters. The molecule has 0 aliphatic rings. The Morgan fingerprint density at radius 3 is 2.39 bits per heavy atom.